The number of carbonyl (C=O) groups excluding carboxylic acids is 2. The molecular weight excluding hydrogens is 484 g/mol. The van der Waals surface area contributed by atoms with Crippen LogP contribution in [0.15, 0.2) is 42.6 Å². The average molecular weight is 514 g/mol. The van der Waals surface area contributed by atoms with Crippen molar-refractivity contribution in [1.29, 1.82) is 0 Å². The molecular formula is C25H29F2N7O3. The summed E-state index contributed by atoms with van der Waals surface area (Å²) in [6.07, 6.45) is 3.31. The van der Waals surface area contributed by atoms with E-state index in [4.69, 9.17) is 5.73 Å². The number of pyridine rings is 1. The Morgan fingerprint density at radius 3 is 2.84 bits per heavy atom. The van der Waals surface area contributed by atoms with Gasteiger partial charge in [-0.1, -0.05) is 12.1 Å². The molecule has 1 saturated heterocycles. The molecule has 12 heteroatoms. The van der Waals surface area contributed by atoms with Gasteiger partial charge < -0.3 is 26.4 Å². The summed E-state index contributed by atoms with van der Waals surface area (Å²) in [6.45, 7) is 0.464. The van der Waals surface area contributed by atoms with E-state index < -0.39 is 24.4 Å². The lowest BCUT2D eigenvalue weighted by molar-refractivity contribution is -0.134. The monoisotopic (exact) mass is 513 g/mol. The van der Waals surface area contributed by atoms with Gasteiger partial charge in [0.1, 0.15) is 23.4 Å². The number of anilines is 1. The molecule has 4 rings (SSSR count). The molecule has 3 aromatic rings. The van der Waals surface area contributed by atoms with E-state index in [-0.39, 0.29) is 41.4 Å². The summed E-state index contributed by atoms with van der Waals surface area (Å²) in [5, 5.41) is 21.5. The summed E-state index contributed by atoms with van der Waals surface area (Å²) in [5.41, 5.74) is 6.76. The third kappa shape index (κ3) is 6.27. The number of nitrogens with two attached hydrogens (primary N) is 1. The van der Waals surface area contributed by atoms with Crippen molar-refractivity contribution in [3.63, 3.8) is 0 Å². The van der Waals surface area contributed by atoms with Crippen molar-refractivity contribution in [3.05, 3.63) is 65.4 Å². The molecule has 1 fully saturated rings. The predicted octanol–water partition coefficient (Wildman–Crippen LogP) is 1.44. The maximum Gasteiger partial charge on any atom is 0.255 e. The Morgan fingerprint density at radius 2 is 2.11 bits per heavy atom. The van der Waals surface area contributed by atoms with Crippen LogP contribution in [0.25, 0.3) is 11.4 Å². The van der Waals surface area contributed by atoms with Gasteiger partial charge in [0, 0.05) is 31.9 Å². The van der Waals surface area contributed by atoms with Gasteiger partial charge in [0.15, 0.2) is 5.82 Å². The van der Waals surface area contributed by atoms with Gasteiger partial charge in [0.05, 0.1) is 17.9 Å². The molecule has 0 bridgehead atoms. The van der Waals surface area contributed by atoms with Gasteiger partial charge in [-0.3, -0.25) is 14.7 Å². The van der Waals surface area contributed by atoms with Crippen molar-refractivity contribution in [2.75, 3.05) is 31.6 Å². The number of hydrogen-bond acceptors (Lipinski definition) is 7. The molecule has 1 aliphatic heterocycles. The molecule has 0 aliphatic carbocycles. The standard InChI is InChI=1S/C25H29F2N7O3/c26-16-4-1-3-15(11-16)6-8-29-23-18(12-19(27)22(32-23)21-7-9-31-33-21)24(36)30-13-17-5-2-10-34(17)25(37)20(28)14-35/h1,3-4,7,9,11-12,17,20,35H,2,5-6,8,10,13-14,28H2,(H,29,32)(H,30,36)(H,31,33)/t17?,20-/m0/s1. The zero-order valence-corrected chi connectivity index (χ0v) is 20.1. The third-order valence-electron chi connectivity index (χ3n) is 6.24. The second-order valence-electron chi connectivity index (χ2n) is 8.82. The van der Waals surface area contributed by atoms with Gasteiger partial charge in [0.2, 0.25) is 5.91 Å². The van der Waals surface area contributed by atoms with Crippen molar-refractivity contribution in [2.45, 2.75) is 31.3 Å². The fraction of sp³-hybridized carbons (Fsp3) is 0.360. The number of H-pyrrole nitrogens is 1. The molecule has 37 heavy (non-hydrogen) atoms. The quantitative estimate of drug-likeness (QED) is 0.275. The van der Waals surface area contributed by atoms with E-state index in [9.17, 15) is 23.5 Å². The number of benzene rings is 1. The highest BCUT2D eigenvalue weighted by Crippen LogP contribution is 2.25. The van der Waals surface area contributed by atoms with Crippen LogP contribution in [0.5, 0.6) is 0 Å². The number of likely N-dealkylation sites (tertiary alicyclic amines) is 1. The van der Waals surface area contributed by atoms with E-state index in [1.165, 1.54) is 18.3 Å². The van der Waals surface area contributed by atoms with Crippen LogP contribution >= 0.6 is 0 Å². The minimum Gasteiger partial charge on any atom is -0.394 e. The van der Waals surface area contributed by atoms with Gasteiger partial charge in [-0.15, -0.1) is 0 Å². The first-order valence-corrected chi connectivity index (χ1v) is 12.0. The number of nitrogens with one attached hydrogen (secondary N) is 3. The topological polar surface area (TPSA) is 149 Å². The van der Waals surface area contributed by atoms with Crippen molar-refractivity contribution >= 4 is 17.6 Å². The summed E-state index contributed by atoms with van der Waals surface area (Å²) < 4.78 is 28.5. The number of aromatic nitrogens is 3. The number of halogens is 2. The maximum atomic E-state index is 15.0. The zero-order valence-electron chi connectivity index (χ0n) is 20.1. The Labute approximate surface area is 212 Å². The first-order chi connectivity index (χ1) is 17.9. The summed E-state index contributed by atoms with van der Waals surface area (Å²) in [6, 6.07) is 7.52. The van der Waals surface area contributed by atoms with Crippen LogP contribution in [-0.4, -0.2) is 75.3 Å². The molecule has 1 aliphatic rings. The van der Waals surface area contributed by atoms with Crippen LogP contribution in [0, 0.1) is 11.6 Å². The van der Waals surface area contributed by atoms with Crippen molar-refractivity contribution in [3.8, 4) is 11.4 Å². The van der Waals surface area contributed by atoms with E-state index in [1.54, 1.807) is 23.1 Å². The molecule has 0 saturated carbocycles. The smallest absolute Gasteiger partial charge is 0.255 e. The molecule has 2 amide bonds. The first kappa shape index (κ1) is 26.2. The predicted molar refractivity (Wildman–Crippen MR) is 132 cm³/mol. The highest BCUT2D eigenvalue weighted by atomic mass is 19.1. The molecule has 1 unspecified atom stereocenters. The second kappa shape index (κ2) is 11.9. The minimum atomic E-state index is -1.02. The first-order valence-electron chi connectivity index (χ1n) is 12.0. The van der Waals surface area contributed by atoms with Crippen LogP contribution < -0.4 is 16.4 Å². The Bertz CT molecular complexity index is 1240. The Balaban J connectivity index is 1.50. The Hall–Kier alpha value is -3.90. The molecule has 196 valence electrons. The van der Waals surface area contributed by atoms with Crippen molar-refractivity contribution in [2.24, 2.45) is 5.73 Å². The zero-order chi connectivity index (χ0) is 26.4. The van der Waals surface area contributed by atoms with Crippen molar-refractivity contribution < 1.29 is 23.5 Å². The number of nitrogens with zero attached hydrogens (tertiary/aromatic N) is 3. The summed E-state index contributed by atoms with van der Waals surface area (Å²) >= 11 is 0. The van der Waals surface area contributed by atoms with Gasteiger partial charge in [0.25, 0.3) is 5.91 Å². The van der Waals surface area contributed by atoms with Crippen LogP contribution in [0.3, 0.4) is 0 Å². The number of carbonyl (C=O) groups is 2. The van der Waals surface area contributed by atoms with Crippen LogP contribution in [0.1, 0.15) is 28.8 Å². The van der Waals surface area contributed by atoms with Crippen molar-refractivity contribution in [1.82, 2.24) is 25.4 Å². The number of amides is 2. The number of rotatable bonds is 10. The van der Waals surface area contributed by atoms with Gasteiger partial charge >= 0.3 is 0 Å². The van der Waals surface area contributed by atoms with Crippen LogP contribution in [0.2, 0.25) is 0 Å². The second-order valence-corrected chi connectivity index (χ2v) is 8.82. The summed E-state index contributed by atoms with van der Waals surface area (Å²) in [5.74, 6) is -1.85. The molecule has 6 N–H and O–H groups in total. The SMILES string of the molecule is N[C@@H](CO)C(=O)N1CCCC1CNC(=O)c1cc(F)c(-c2ccn[nH]2)nc1NCCc1cccc(F)c1. The molecule has 0 radical (unpaired) electrons. The van der Waals surface area contributed by atoms with E-state index in [2.05, 4.69) is 25.8 Å². The van der Waals surface area contributed by atoms with Gasteiger partial charge in [-0.25, -0.2) is 13.8 Å². The van der Waals surface area contributed by atoms with E-state index in [1.807, 2.05) is 0 Å². The summed E-state index contributed by atoms with van der Waals surface area (Å²) in [4.78, 5) is 31.5. The normalized spacial score (nSPS) is 16.0. The minimum absolute atomic E-state index is 0.00661. The molecule has 1 aromatic carbocycles. The van der Waals surface area contributed by atoms with Crippen LogP contribution in [-0.2, 0) is 11.2 Å². The fourth-order valence-corrected chi connectivity index (χ4v) is 4.33. The average Bonchev–Trinajstić information content (AvgIpc) is 3.59. The van der Waals surface area contributed by atoms with Crippen LogP contribution in [0.4, 0.5) is 14.6 Å². The van der Waals surface area contributed by atoms with Gasteiger partial charge in [-0.2, -0.15) is 5.10 Å². The lowest BCUT2D eigenvalue weighted by Crippen LogP contribution is -2.50. The number of aliphatic hydroxyl groups is 1. The summed E-state index contributed by atoms with van der Waals surface area (Å²) in [7, 11) is 0. The van der Waals surface area contributed by atoms with E-state index in [0.29, 0.717) is 31.6 Å². The molecule has 10 nitrogen and oxygen atoms in total. The highest BCUT2D eigenvalue weighted by molar-refractivity contribution is 5.99. The Kier molecular flexibility index (Phi) is 8.41. The van der Waals surface area contributed by atoms with E-state index >= 15 is 0 Å². The lowest BCUT2D eigenvalue weighted by atomic mass is 10.1. The maximum absolute atomic E-state index is 15.0. The number of aromatic amines is 1. The highest BCUT2D eigenvalue weighted by Gasteiger charge is 2.32. The fourth-order valence-electron chi connectivity index (χ4n) is 4.33. The number of aliphatic hydroxyl groups excluding tert-OH is 1. The van der Waals surface area contributed by atoms with Gasteiger partial charge in [-0.05, 0) is 49.1 Å². The molecule has 3 heterocycles. The van der Waals surface area contributed by atoms with E-state index in [0.717, 1.165) is 18.1 Å². The molecule has 0 spiro atoms. The third-order valence-corrected chi connectivity index (χ3v) is 6.24. The molecule has 2 atom stereocenters. The lowest BCUT2D eigenvalue weighted by Gasteiger charge is -2.27. The largest absolute Gasteiger partial charge is 0.394 e. The number of hydrogen-bond donors (Lipinski definition) is 5. The molecule has 2 aromatic heterocycles. The Morgan fingerprint density at radius 1 is 1.27 bits per heavy atom.